The summed E-state index contributed by atoms with van der Waals surface area (Å²) in [6.07, 6.45) is 37.6. The van der Waals surface area contributed by atoms with Gasteiger partial charge in [0.2, 0.25) is 0 Å². The Hall–Kier alpha value is -12.7. The second kappa shape index (κ2) is 43.7. The summed E-state index contributed by atoms with van der Waals surface area (Å²) in [5.41, 5.74) is 51.6. The lowest BCUT2D eigenvalue weighted by atomic mass is 9.79. The van der Waals surface area contributed by atoms with E-state index in [9.17, 15) is 24.0 Å². The van der Waals surface area contributed by atoms with Crippen LogP contribution in [0.15, 0.2) is 180 Å². The van der Waals surface area contributed by atoms with Crippen LogP contribution in [-0.2, 0) is 45.1 Å². The van der Waals surface area contributed by atoms with Crippen molar-refractivity contribution in [1.82, 2.24) is 106 Å². The summed E-state index contributed by atoms with van der Waals surface area (Å²) in [4.78, 5) is 92.7. The van der Waals surface area contributed by atoms with Crippen LogP contribution < -0.4 is 28.7 Å². The van der Waals surface area contributed by atoms with E-state index in [1.807, 2.05) is 155 Å². The maximum atomic E-state index is 11.0. The first-order valence-electron chi connectivity index (χ1n) is 47.7. The molecule has 17 heterocycles. The zero-order chi connectivity index (χ0) is 101. The molecule has 5 fully saturated rings. The van der Waals surface area contributed by atoms with Gasteiger partial charge >= 0.3 is 29.8 Å². The van der Waals surface area contributed by atoms with Gasteiger partial charge in [0.1, 0.15) is 29.1 Å². The summed E-state index contributed by atoms with van der Waals surface area (Å²) in [6.45, 7) is 3.07. The number of aryl methyl sites for hydroxylation is 3. The number of rotatable bonds is 20. The Labute approximate surface area is 876 Å². The molecule has 3 aliphatic carbocycles. The fourth-order valence-electron chi connectivity index (χ4n) is 20.7. The van der Waals surface area contributed by atoms with Crippen LogP contribution in [0, 0.1) is 17.8 Å². The van der Waals surface area contributed by atoms with E-state index in [-0.39, 0.29) is 79.7 Å². The number of piperidine rings is 2. The highest BCUT2D eigenvalue weighted by Gasteiger charge is 2.36. The number of nitrogen functional groups attached to an aromatic ring is 5. The predicted octanol–water partition coefficient (Wildman–Crippen LogP) is 19.4. The molecule has 5 aliphatic rings. The van der Waals surface area contributed by atoms with Crippen LogP contribution in [0.1, 0.15) is 180 Å². The van der Waals surface area contributed by atoms with E-state index in [0.29, 0.717) is 40.4 Å². The monoisotopic (exact) mass is 2330 g/mol. The summed E-state index contributed by atoms with van der Waals surface area (Å²) in [6, 6.07) is 26.2. The smallest absolute Gasteiger partial charge is 0.317 e. The third-order valence-corrected chi connectivity index (χ3v) is 33.4. The lowest BCUT2D eigenvalue weighted by molar-refractivity contribution is -0.139. The van der Waals surface area contributed by atoms with Crippen molar-refractivity contribution < 1.29 is 49.5 Å². The molecule has 748 valence electrons. The number of hydrogen-bond acceptors (Lipinski definition) is 24. The first kappa shape index (κ1) is 101. The van der Waals surface area contributed by atoms with E-state index in [1.165, 1.54) is 0 Å². The number of para-hydroxylation sites is 2. The zero-order valence-corrected chi connectivity index (χ0v) is 88.5. The minimum Gasteiger partial charge on any atom is -0.481 e. The van der Waals surface area contributed by atoms with Gasteiger partial charge in [-0.1, -0.05) is 36.4 Å². The molecule has 3 saturated carbocycles. The third-order valence-electron chi connectivity index (χ3n) is 28.4. The van der Waals surface area contributed by atoms with Gasteiger partial charge in [-0.2, -0.15) is 48.1 Å². The minimum atomic E-state index is -0.795. The third kappa shape index (κ3) is 21.7. The van der Waals surface area contributed by atoms with Crippen LogP contribution in [0.4, 0.5) is 29.1 Å². The van der Waals surface area contributed by atoms with Gasteiger partial charge in [0.05, 0.1) is 111 Å². The van der Waals surface area contributed by atoms with Gasteiger partial charge in [-0.05, 0) is 285 Å². The van der Waals surface area contributed by atoms with Gasteiger partial charge < -0.3 is 67.9 Å². The molecule has 144 heavy (non-hydrogen) atoms. The molecule has 22 rings (SSSR count). The van der Waals surface area contributed by atoms with Gasteiger partial charge in [-0.3, -0.25) is 43.7 Å². The number of carbonyl (C=O) groups is 5. The highest BCUT2D eigenvalue weighted by Crippen LogP contribution is 2.48. The van der Waals surface area contributed by atoms with E-state index < -0.39 is 29.8 Å². The molecular formula is C101H107Br6N27O10. The summed E-state index contributed by atoms with van der Waals surface area (Å²) < 4.78 is 19.1. The van der Waals surface area contributed by atoms with Crippen LogP contribution in [0.5, 0.6) is 0 Å². The number of carboxylic acid groups (broad SMARTS) is 5. The lowest BCUT2D eigenvalue weighted by Crippen LogP contribution is -2.37. The number of pyridine rings is 2. The Morgan fingerprint density at radius 1 is 0.326 bits per heavy atom. The van der Waals surface area contributed by atoms with Crippen LogP contribution >= 0.6 is 95.6 Å². The molecule has 0 bridgehead atoms. The van der Waals surface area contributed by atoms with Crippen molar-refractivity contribution in [1.29, 1.82) is 0 Å². The highest BCUT2D eigenvalue weighted by molar-refractivity contribution is 9.11. The number of hydrogen-bond donors (Lipinski definition) is 10. The quantitative estimate of drug-likeness (QED) is 0.0339. The number of likely N-dealkylation sites (tertiary alicyclic amines) is 2. The van der Waals surface area contributed by atoms with Crippen LogP contribution in [-0.4, -0.2) is 201 Å². The molecule has 17 aromatic rings. The van der Waals surface area contributed by atoms with E-state index >= 15 is 0 Å². The van der Waals surface area contributed by atoms with Crippen molar-refractivity contribution >= 4 is 205 Å². The highest BCUT2D eigenvalue weighted by atomic mass is 79.9. The number of benzene rings is 2. The topological polar surface area (TPSA) is 515 Å². The number of halogens is 6. The molecule has 2 aromatic carbocycles. The van der Waals surface area contributed by atoms with Crippen molar-refractivity contribution in [3.05, 3.63) is 209 Å². The van der Waals surface area contributed by atoms with Crippen molar-refractivity contribution in [3.8, 4) is 55.6 Å². The summed E-state index contributed by atoms with van der Waals surface area (Å²) >= 11 is 21.7. The molecule has 0 unspecified atom stereocenters. The molecule has 0 radical (unpaired) electrons. The van der Waals surface area contributed by atoms with Crippen molar-refractivity contribution in [2.24, 2.45) is 38.9 Å². The standard InChI is InChI=1S/C23H22BrN5O2.C22H21BrN6O2.C19H21Br2N5O2.C19H22BrN5O2.C18H21BrN6O2/c24-20-21(14-7-5-13(6-8-14)9-19(30)31)28-23-17(12-27-29(23)22(20)25)16-10-15-3-1-2-4-18(15)26-11-16;23-19-20(13-5-7-28(8-6-13)12-18(30)31)27-22-16(11-26-29(22)21(19)24)15-9-14-3-1-2-4-17(14)25-10-15;1-25-7-6-12(17(25)21)13-9-23-26-18(22)15(20)16(24-19(13)26)11-4-2-10(3-5-11)8-14(27)28;1-24-7-6-13(10-24)14-9-22-25-18(21)16(20)17(23-19(14)25)12-4-2-11(3-5-12)8-15(26)27;1-23-5-2-12(9-23)13-8-21-25-17(20)15(19)16(22-18(13)25)11-3-6-24(7-4-11)10-14(26)27/h1-4,10-14H,5-9,25H2,(H,30,31);1-4,9-11,13H,5-8,12,24H2,(H,30,31);6-7,9-11H,2-5,8,22H2,1H3,(H,27,28);6-7,9-12H,2-5,8,21H2,1H3,(H,26,27);2,5,8-9,11H,3-4,6-7,10,20H2,1H3,(H,26,27). The maximum Gasteiger partial charge on any atom is 0.317 e. The second-order valence-corrected chi connectivity index (χ2v) is 42.6. The van der Waals surface area contributed by atoms with Crippen LogP contribution in [0.25, 0.3) is 106 Å². The molecule has 37 nitrogen and oxygen atoms in total. The Kier molecular flexibility index (Phi) is 30.8. The van der Waals surface area contributed by atoms with Crippen LogP contribution in [0.2, 0.25) is 0 Å². The van der Waals surface area contributed by atoms with Crippen LogP contribution in [0.3, 0.4) is 0 Å². The molecule has 0 amide bonds. The Morgan fingerprint density at radius 3 is 0.875 bits per heavy atom. The summed E-state index contributed by atoms with van der Waals surface area (Å²) in [5.74, 6) is 0.855. The molecule has 15 aromatic heterocycles. The molecule has 2 saturated heterocycles. The van der Waals surface area contributed by atoms with Crippen molar-refractivity contribution in [3.63, 3.8) is 0 Å². The predicted molar refractivity (Wildman–Crippen MR) is 571 cm³/mol. The molecule has 0 spiro atoms. The minimum absolute atomic E-state index is 0.0736. The zero-order valence-electron chi connectivity index (χ0n) is 79.0. The average molecular weight is 2340 g/mol. The van der Waals surface area contributed by atoms with E-state index in [1.54, 1.807) is 53.6 Å². The van der Waals surface area contributed by atoms with Crippen molar-refractivity contribution in [2.75, 3.05) is 67.9 Å². The first-order chi connectivity index (χ1) is 69.3. The Morgan fingerprint density at radius 2 is 0.604 bits per heavy atom. The normalized spacial score (nSPS) is 18.2. The number of fused-ring (bicyclic) bond motifs is 7. The van der Waals surface area contributed by atoms with Gasteiger partial charge in [0, 0.05) is 180 Å². The summed E-state index contributed by atoms with van der Waals surface area (Å²) in [7, 11) is 5.93. The van der Waals surface area contributed by atoms with Crippen molar-refractivity contribution in [2.45, 2.75) is 152 Å². The second-order valence-electron chi connectivity index (χ2n) is 37.9. The van der Waals surface area contributed by atoms with Gasteiger partial charge in [0.25, 0.3) is 0 Å². The number of nitrogens with zero attached hydrogens (tertiary/aromatic N) is 22. The number of carboxylic acids is 5. The Balaban J connectivity index is 0.000000119. The summed E-state index contributed by atoms with van der Waals surface area (Å²) in [5, 5.41) is 69.5. The lowest BCUT2D eigenvalue weighted by Gasteiger charge is -2.31. The molecule has 0 atom stereocenters. The molecule has 43 heteroatoms. The maximum absolute atomic E-state index is 11.0. The number of aromatic nitrogens is 20. The van der Waals surface area contributed by atoms with E-state index in [0.717, 1.165) is 279 Å². The molecular weight excluding hydrogens is 2230 g/mol. The fraction of sp³-hybridized carbons (Fsp3) is 0.356. The molecule has 15 N–H and O–H groups in total. The first-order valence-corrected chi connectivity index (χ1v) is 52.4. The number of nitrogens with two attached hydrogens (primary N) is 5. The Bertz CT molecular complexity index is 7350. The largest absolute Gasteiger partial charge is 0.481 e. The van der Waals surface area contributed by atoms with E-state index in [4.69, 9.17) is 79.1 Å². The van der Waals surface area contributed by atoms with Gasteiger partial charge in [-0.15, -0.1) is 0 Å². The molecule has 2 aliphatic heterocycles. The number of anilines is 5. The fourth-order valence-corrected chi connectivity index (χ4v) is 24.0. The van der Waals surface area contributed by atoms with E-state index in [2.05, 4.69) is 143 Å². The number of aliphatic carboxylic acids is 5. The average Bonchev–Trinajstić information content (AvgIpc) is 1.62. The van der Waals surface area contributed by atoms with Gasteiger partial charge in [0.15, 0.2) is 28.2 Å². The van der Waals surface area contributed by atoms with Gasteiger partial charge in [-0.25, -0.2) is 24.9 Å². The SMILES string of the molecule is Cn1ccc(-c2cnn3c(N)c(Br)c(C4CCC(CC(=O)O)CC4)nc23)c1.Cn1ccc(-c2cnn3c(N)c(Br)c(C4CCC(CC(=O)O)CC4)nc23)c1Br.Cn1ccc(-c2cnn3c(N)c(Br)c(C4CCN(CC(=O)O)CC4)nc23)c1.Nc1c(Br)c(C2CCC(CC(=O)O)CC2)nc2c(-c3cnc4ccccc4c3)cnn12.Nc1c(Br)c(C2CCN(CC(=O)O)CC2)nc2c(-c3cnc4ccccc4c3)cnn12.